The lowest BCUT2D eigenvalue weighted by Gasteiger charge is -2.21. The second kappa shape index (κ2) is 8.06. The molecule has 1 saturated heterocycles. The number of aryl methyl sites for hydroxylation is 2. The first-order valence-corrected chi connectivity index (χ1v) is 11.6. The molecule has 0 unspecified atom stereocenters. The Bertz CT molecular complexity index is 1030. The Kier molecular flexibility index (Phi) is 5.50. The third kappa shape index (κ3) is 3.96. The number of carbonyl (C=O) groups is 1. The van der Waals surface area contributed by atoms with E-state index in [1.165, 1.54) is 7.11 Å². The van der Waals surface area contributed by atoms with Crippen molar-refractivity contribution in [2.24, 2.45) is 0 Å². The first-order chi connectivity index (χ1) is 14.0. The predicted molar refractivity (Wildman–Crippen MR) is 112 cm³/mol. The van der Waals surface area contributed by atoms with Crippen LogP contribution in [0.1, 0.15) is 47.2 Å². The number of ether oxygens (including phenoxy) is 1. The van der Waals surface area contributed by atoms with Gasteiger partial charge in [0.15, 0.2) is 0 Å². The molecule has 1 amide bonds. The van der Waals surface area contributed by atoms with Crippen molar-refractivity contribution < 1.29 is 17.9 Å². The minimum absolute atomic E-state index is 0.115. The van der Waals surface area contributed by atoms with E-state index in [1.807, 2.05) is 6.07 Å². The minimum atomic E-state index is -3.91. The number of fused-ring (bicyclic) bond motifs is 1. The van der Waals surface area contributed by atoms with Gasteiger partial charge in [0.25, 0.3) is 15.9 Å². The summed E-state index contributed by atoms with van der Waals surface area (Å²) in [6.45, 7) is 1.41. The first kappa shape index (κ1) is 19.8. The quantitative estimate of drug-likeness (QED) is 0.811. The molecule has 1 aliphatic carbocycles. The van der Waals surface area contributed by atoms with E-state index in [2.05, 4.69) is 4.72 Å². The van der Waals surface area contributed by atoms with Crippen LogP contribution in [-0.4, -0.2) is 39.4 Å². The number of amides is 1. The summed E-state index contributed by atoms with van der Waals surface area (Å²) in [6, 6.07) is 10.3. The summed E-state index contributed by atoms with van der Waals surface area (Å²) in [4.78, 5) is 14.8. The summed E-state index contributed by atoms with van der Waals surface area (Å²) in [5, 5.41) is 0. The molecule has 154 valence electrons. The Labute approximate surface area is 171 Å². The van der Waals surface area contributed by atoms with Gasteiger partial charge < -0.3 is 9.64 Å². The van der Waals surface area contributed by atoms with Crippen molar-refractivity contribution in [2.75, 3.05) is 24.9 Å². The van der Waals surface area contributed by atoms with Crippen molar-refractivity contribution >= 4 is 21.6 Å². The maximum Gasteiger partial charge on any atom is 0.265 e. The lowest BCUT2D eigenvalue weighted by Crippen LogP contribution is -2.29. The fourth-order valence-corrected chi connectivity index (χ4v) is 5.44. The van der Waals surface area contributed by atoms with Crippen LogP contribution < -0.4 is 9.46 Å². The van der Waals surface area contributed by atoms with Crippen LogP contribution in [0, 0.1) is 0 Å². The molecule has 1 heterocycles. The molecule has 2 aromatic rings. The number of para-hydroxylation sites is 1. The van der Waals surface area contributed by atoms with E-state index in [9.17, 15) is 13.2 Å². The van der Waals surface area contributed by atoms with Gasteiger partial charge >= 0.3 is 0 Å². The number of hydrogen-bond donors (Lipinski definition) is 1. The number of nitrogens with one attached hydrogen (secondary N) is 1. The second-order valence-electron chi connectivity index (χ2n) is 7.63. The van der Waals surface area contributed by atoms with Crippen molar-refractivity contribution in [3.8, 4) is 5.75 Å². The Balaban J connectivity index is 1.69. The molecule has 1 aliphatic heterocycles. The van der Waals surface area contributed by atoms with Crippen molar-refractivity contribution in [3.05, 3.63) is 53.1 Å². The number of benzene rings is 2. The van der Waals surface area contributed by atoms with Crippen LogP contribution in [0.4, 0.5) is 5.69 Å². The summed E-state index contributed by atoms with van der Waals surface area (Å²) in [5.41, 5.74) is 2.87. The highest BCUT2D eigenvalue weighted by molar-refractivity contribution is 7.92. The smallest absolute Gasteiger partial charge is 0.265 e. The molecular formula is C22H26N2O4S. The number of rotatable bonds is 5. The SMILES string of the molecule is COc1cc2c(cc1S(=O)(=O)Nc1ccccc1C(=O)N1CCCC1)CCCC2. The van der Waals surface area contributed by atoms with E-state index in [0.29, 0.717) is 30.1 Å². The molecule has 0 radical (unpaired) electrons. The number of carbonyl (C=O) groups excluding carboxylic acids is 1. The number of likely N-dealkylation sites (tertiary alicyclic amines) is 1. The van der Waals surface area contributed by atoms with E-state index in [0.717, 1.165) is 49.7 Å². The van der Waals surface area contributed by atoms with Crippen LogP contribution in [-0.2, 0) is 22.9 Å². The summed E-state index contributed by atoms with van der Waals surface area (Å²) in [7, 11) is -2.43. The maximum absolute atomic E-state index is 13.2. The van der Waals surface area contributed by atoms with Gasteiger partial charge in [0.2, 0.25) is 0 Å². The van der Waals surface area contributed by atoms with Crippen LogP contribution in [0.5, 0.6) is 5.75 Å². The molecule has 0 bridgehead atoms. The molecule has 1 fully saturated rings. The third-order valence-corrected chi connectivity index (χ3v) is 7.10. The first-order valence-electron chi connectivity index (χ1n) is 10.1. The Morgan fingerprint density at radius 3 is 2.34 bits per heavy atom. The number of methoxy groups -OCH3 is 1. The number of hydrogen-bond acceptors (Lipinski definition) is 4. The lowest BCUT2D eigenvalue weighted by atomic mass is 9.92. The molecule has 0 spiro atoms. The van der Waals surface area contributed by atoms with Crippen molar-refractivity contribution in [3.63, 3.8) is 0 Å². The fourth-order valence-electron chi connectivity index (χ4n) is 4.16. The summed E-state index contributed by atoms with van der Waals surface area (Å²) in [5.74, 6) is 0.194. The highest BCUT2D eigenvalue weighted by Gasteiger charge is 2.27. The summed E-state index contributed by atoms with van der Waals surface area (Å²) in [6.07, 6.45) is 5.92. The standard InChI is InChI=1S/C22H26N2O4S/c1-28-20-14-16-8-2-3-9-17(16)15-21(20)29(26,27)23-19-11-5-4-10-18(19)22(25)24-12-6-7-13-24/h4-5,10-11,14-15,23H,2-3,6-9,12-13H2,1H3. The van der Waals surface area contributed by atoms with Gasteiger partial charge in [-0.1, -0.05) is 12.1 Å². The predicted octanol–water partition coefficient (Wildman–Crippen LogP) is 3.61. The molecule has 0 aromatic heterocycles. The molecule has 2 aromatic carbocycles. The van der Waals surface area contributed by atoms with E-state index < -0.39 is 10.0 Å². The number of nitrogens with zero attached hydrogens (tertiary/aromatic N) is 1. The van der Waals surface area contributed by atoms with Crippen LogP contribution in [0.25, 0.3) is 0 Å². The van der Waals surface area contributed by atoms with E-state index in [4.69, 9.17) is 4.74 Å². The minimum Gasteiger partial charge on any atom is -0.495 e. The number of anilines is 1. The summed E-state index contributed by atoms with van der Waals surface area (Å²) < 4.78 is 34.5. The molecule has 2 aliphatic rings. The molecule has 29 heavy (non-hydrogen) atoms. The lowest BCUT2D eigenvalue weighted by molar-refractivity contribution is 0.0794. The number of sulfonamides is 1. The molecule has 7 heteroatoms. The largest absolute Gasteiger partial charge is 0.495 e. The Hall–Kier alpha value is -2.54. The molecule has 0 atom stereocenters. The van der Waals surface area contributed by atoms with Crippen LogP contribution in [0.15, 0.2) is 41.3 Å². The van der Waals surface area contributed by atoms with Gasteiger partial charge in [0.05, 0.1) is 18.4 Å². The highest BCUT2D eigenvalue weighted by atomic mass is 32.2. The van der Waals surface area contributed by atoms with E-state index in [-0.39, 0.29) is 10.8 Å². The molecule has 6 nitrogen and oxygen atoms in total. The topological polar surface area (TPSA) is 75.7 Å². The van der Waals surface area contributed by atoms with Gasteiger partial charge in [-0.05, 0) is 73.9 Å². The normalized spacial score (nSPS) is 16.4. The maximum atomic E-state index is 13.2. The van der Waals surface area contributed by atoms with Crippen LogP contribution in [0.2, 0.25) is 0 Å². The van der Waals surface area contributed by atoms with Crippen LogP contribution in [0.3, 0.4) is 0 Å². The monoisotopic (exact) mass is 414 g/mol. The zero-order chi connectivity index (χ0) is 20.4. The van der Waals surface area contributed by atoms with Crippen molar-refractivity contribution in [2.45, 2.75) is 43.4 Å². The van der Waals surface area contributed by atoms with Crippen molar-refractivity contribution in [1.29, 1.82) is 0 Å². The van der Waals surface area contributed by atoms with Gasteiger partial charge in [-0.15, -0.1) is 0 Å². The molecule has 4 rings (SSSR count). The van der Waals surface area contributed by atoms with Gasteiger partial charge in [0, 0.05) is 13.1 Å². The zero-order valence-electron chi connectivity index (χ0n) is 16.6. The Morgan fingerprint density at radius 1 is 1.00 bits per heavy atom. The molecular weight excluding hydrogens is 388 g/mol. The molecule has 1 N–H and O–H groups in total. The van der Waals surface area contributed by atoms with Crippen LogP contribution >= 0.6 is 0 Å². The van der Waals surface area contributed by atoms with Gasteiger partial charge in [-0.3, -0.25) is 9.52 Å². The van der Waals surface area contributed by atoms with Gasteiger partial charge in [-0.25, -0.2) is 8.42 Å². The van der Waals surface area contributed by atoms with E-state index >= 15 is 0 Å². The summed E-state index contributed by atoms with van der Waals surface area (Å²) >= 11 is 0. The third-order valence-electron chi connectivity index (χ3n) is 5.71. The highest BCUT2D eigenvalue weighted by Crippen LogP contribution is 2.33. The average molecular weight is 415 g/mol. The fraction of sp³-hybridized carbons (Fsp3) is 0.409. The second-order valence-corrected chi connectivity index (χ2v) is 9.28. The van der Waals surface area contributed by atoms with Crippen molar-refractivity contribution in [1.82, 2.24) is 4.90 Å². The average Bonchev–Trinajstić information content (AvgIpc) is 3.27. The Morgan fingerprint density at radius 2 is 1.66 bits per heavy atom. The molecule has 0 saturated carbocycles. The van der Waals surface area contributed by atoms with E-state index in [1.54, 1.807) is 35.2 Å². The zero-order valence-corrected chi connectivity index (χ0v) is 17.4. The van der Waals surface area contributed by atoms with Gasteiger partial charge in [0.1, 0.15) is 10.6 Å². The van der Waals surface area contributed by atoms with Gasteiger partial charge in [-0.2, -0.15) is 0 Å².